The van der Waals surface area contributed by atoms with Crippen LogP contribution in [0, 0.1) is 20.2 Å². The summed E-state index contributed by atoms with van der Waals surface area (Å²) in [6, 6.07) is -0.624. The summed E-state index contributed by atoms with van der Waals surface area (Å²) in [4.78, 5) is 50.9. The summed E-state index contributed by atoms with van der Waals surface area (Å²) in [5.74, 6) is -1.70. The van der Waals surface area contributed by atoms with Crippen molar-refractivity contribution in [2.75, 3.05) is 0 Å². The van der Waals surface area contributed by atoms with E-state index in [9.17, 15) is 29.8 Å². The van der Waals surface area contributed by atoms with E-state index in [1.54, 1.807) is 0 Å². The molecule has 0 aromatic carbocycles. The summed E-state index contributed by atoms with van der Waals surface area (Å²) in [7, 11) is 0. The second-order valence-electron chi connectivity index (χ2n) is 4.36. The SMILES string of the molecule is O=C(O)CCC(=O)N[C@@H]1C[C@H](O[N+](=O)[O-])[C@H](O[N+](=O)[O-])C1. The molecule has 0 bridgehead atoms. The van der Waals surface area contributed by atoms with Gasteiger partial charge in [-0.05, 0) is 12.8 Å². The first-order chi connectivity index (χ1) is 9.77. The highest BCUT2D eigenvalue weighted by Crippen LogP contribution is 2.26. The Balaban J connectivity index is 2.53. The van der Waals surface area contributed by atoms with Crippen molar-refractivity contribution in [3.05, 3.63) is 20.2 Å². The monoisotopic (exact) mass is 307 g/mol. The van der Waals surface area contributed by atoms with Crippen LogP contribution in [0.4, 0.5) is 0 Å². The van der Waals surface area contributed by atoms with Crippen molar-refractivity contribution in [1.82, 2.24) is 5.32 Å². The van der Waals surface area contributed by atoms with E-state index in [2.05, 4.69) is 15.0 Å². The van der Waals surface area contributed by atoms with Crippen molar-refractivity contribution in [2.24, 2.45) is 0 Å². The Bertz CT molecular complexity index is 416. The second kappa shape index (κ2) is 7.21. The van der Waals surface area contributed by atoms with E-state index in [-0.39, 0.29) is 25.7 Å². The number of rotatable bonds is 8. The Labute approximate surface area is 117 Å². The highest BCUT2D eigenvalue weighted by molar-refractivity contribution is 5.80. The van der Waals surface area contributed by atoms with Gasteiger partial charge in [-0.25, -0.2) is 0 Å². The molecule has 0 unspecified atom stereocenters. The zero-order chi connectivity index (χ0) is 16.0. The van der Waals surface area contributed by atoms with Crippen LogP contribution in [-0.4, -0.2) is 45.4 Å². The molecule has 1 aliphatic carbocycles. The van der Waals surface area contributed by atoms with Crippen LogP contribution in [-0.2, 0) is 19.3 Å². The average Bonchev–Trinajstić information content (AvgIpc) is 2.66. The van der Waals surface area contributed by atoms with E-state index in [1.165, 1.54) is 0 Å². The zero-order valence-electron chi connectivity index (χ0n) is 10.7. The van der Waals surface area contributed by atoms with Crippen molar-refractivity contribution in [1.29, 1.82) is 0 Å². The number of hydrogen-bond acceptors (Lipinski definition) is 8. The van der Waals surface area contributed by atoms with Crippen LogP contribution in [0.3, 0.4) is 0 Å². The molecule has 21 heavy (non-hydrogen) atoms. The number of amides is 1. The Morgan fingerprint density at radius 1 is 1.10 bits per heavy atom. The van der Waals surface area contributed by atoms with Crippen LogP contribution >= 0.6 is 0 Å². The predicted molar refractivity (Wildman–Crippen MR) is 61.8 cm³/mol. The zero-order valence-corrected chi connectivity index (χ0v) is 10.7. The minimum atomic E-state index is -1.17. The first kappa shape index (κ1) is 16.4. The molecule has 0 aromatic rings. The van der Waals surface area contributed by atoms with Crippen LogP contribution < -0.4 is 5.32 Å². The number of nitrogens with one attached hydrogen (secondary N) is 1. The van der Waals surface area contributed by atoms with Gasteiger partial charge in [-0.15, -0.1) is 20.2 Å². The highest BCUT2D eigenvalue weighted by atomic mass is 17.0. The molecule has 12 heteroatoms. The lowest BCUT2D eigenvalue weighted by Gasteiger charge is -2.14. The highest BCUT2D eigenvalue weighted by Gasteiger charge is 2.40. The van der Waals surface area contributed by atoms with Crippen LogP contribution in [0.15, 0.2) is 0 Å². The Morgan fingerprint density at radius 3 is 1.95 bits per heavy atom. The van der Waals surface area contributed by atoms with Crippen molar-refractivity contribution in [3.8, 4) is 0 Å². The third kappa shape index (κ3) is 5.88. The number of hydrogen-bond donors (Lipinski definition) is 2. The number of carboxylic acids is 1. The van der Waals surface area contributed by atoms with Gasteiger partial charge in [0.1, 0.15) is 12.2 Å². The van der Waals surface area contributed by atoms with Crippen LogP contribution in [0.2, 0.25) is 0 Å². The topological polar surface area (TPSA) is 171 Å². The maximum absolute atomic E-state index is 11.4. The second-order valence-corrected chi connectivity index (χ2v) is 4.36. The van der Waals surface area contributed by atoms with E-state index >= 15 is 0 Å². The third-order valence-electron chi connectivity index (χ3n) is 2.82. The molecule has 2 N–H and O–H groups in total. The van der Waals surface area contributed by atoms with E-state index in [1.807, 2.05) is 0 Å². The number of carbonyl (C=O) groups is 2. The summed E-state index contributed by atoms with van der Waals surface area (Å²) in [5, 5.41) is 29.3. The van der Waals surface area contributed by atoms with Gasteiger partial charge in [-0.1, -0.05) is 0 Å². The van der Waals surface area contributed by atoms with E-state index in [0.717, 1.165) is 0 Å². The molecular weight excluding hydrogens is 294 g/mol. The summed E-state index contributed by atoms with van der Waals surface area (Å²) in [5.41, 5.74) is 0. The van der Waals surface area contributed by atoms with Gasteiger partial charge >= 0.3 is 5.97 Å². The van der Waals surface area contributed by atoms with Crippen molar-refractivity contribution >= 4 is 11.9 Å². The van der Waals surface area contributed by atoms with Gasteiger partial charge in [0.2, 0.25) is 5.91 Å². The lowest BCUT2D eigenvalue weighted by atomic mass is 10.2. The van der Waals surface area contributed by atoms with Gasteiger partial charge in [0.05, 0.1) is 6.42 Å². The molecule has 0 aromatic heterocycles. The first-order valence-corrected chi connectivity index (χ1v) is 5.91. The largest absolute Gasteiger partial charge is 0.481 e. The normalized spacial score (nSPS) is 24.1. The van der Waals surface area contributed by atoms with Gasteiger partial charge in [-0.3, -0.25) is 9.59 Å². The molecule has 12 nitrogen and oxygen atoms in total. The minimum Gasteiger partial charge on any atom is -0.481 e. The number of nitrogens with zero attached hydrogens (tertiary/aromatic N) is 2. The van der Waals surface area contributed by atoms with Crippen molar-refractivity contribution < 1.29 is 34.5 Å². The van der Waals surface area contributed by atoms with Crippen LogP contribution in [0.25, 0.3) is 0 Å². The van der Waals surface area contributed by atoms with E-state index in [4.69, 9.17) is 5.11 Å². The lowest BCUT2D eigenvalue weighted by Crippen LogP contribution is -2.33. The molecule has 0 saturated heterocycles. The van der Waals surface area contributed by atoms with E-state index in [0.29, 0.717) is 0 Å². The predicted octanol–water partition coefficient (Wildman–Crippen LogP) is -0.716. The molecule has 1 amide bonds. The molecule has 0 spiro atoms. The Morgan fingerprint density at radius 2 is 1.57 bits per heavy atom. The van der Waals surface area contributed by atoms with Gasteiger partial charge < -0.3 is 20.1 Å². The Kier molecular flexibility index (Phi) is 5.63. The standard InChI is InChI=1S/C9H13N3O9/c13-8(1-2-9(14)15)10-5-3-6(20-11(16)17)7(4-5)21-12(18)19/h5-7H,1-4H2,(H,10,13)(H,14,15)/t5-,6+,7-. The molecular formula is C9H13N3O9. The Hall–Kier alpha value is -2.66. The average molecular weight is 307 g/mol. The van der Waals surface area contributed by atoms with Crippen molar-refractivity contribution in [3.63, 3.8) is 0 Å². The smallest absolute Gasteiger partial charge is 0.303 e. The van der Waals surface area contributed by atoms with Gasteiger partial charge in [0.15, 0.2) is 0 Å². The molecule has 0 radical (unpaired) electrons. The molecule has 118 valence electrons. The number of carboxylic acid groups (broad SMARTS) is 1. The molecule has 1 fully saturated rings. The van der Waals surface area contributed by atoms with Gasteiger partial charge in [0.25, 0.3) is 10.2 Å². The third-order valence-corrected chi connectivity index (χ3v) is 2.82. The quantitative estimate of drug-likeness (QED) is 0.433. The molecule has 0 heterocycles. The lowest BCUT2D eigenvalue weighted by molar-refractivity contribution is -0.797. The summed E-state index contributed by atoms with van der Waals surface area (Å²) >= 11 is 0. The minimum absolute atomic E-state index is 0.0434. The van der Waals surface area contributed by atoms with Crippen LogP contribution in [0.1, 0.15) is 25.7 Å². The number of aliphatic carboxylic acids is 1. The fourth-order valence-electron chi connectivity index (χ4n) is 2.04. The maximum Gasteiger partial charge on any atom is 0.303 e. The number of carbonyl (C=O) groups excluding carboxylic acids is 1. The van der Waals surface area contributed by atoms with Crippen LogP contribution in [0.5, 0.6) is 0 Å². The van der Waals surface area contributed by atoms with E-state index < -0.39 is 40.3 Å². The van der Waals surface area contributed by atoms with Gasteiger partial charge in [-0.2, -0.15) is 0 Å². The maximum atomic E-state index is 11.4. The molecule has 0 aliphatic heterocycles. The summed E-state index contributed by atoms with van der Waals surface area (Å²) < 4.78 is 0. The molecule has 1 rings (SSSR count). The van der Waals surface area contributed by atoms with Gasteiger partial charge in [0, 0.05) is 12.5 Å². The first-order valence-electron chi connectivity index (χ1n) is 5.91. The molecule has 1 saturated carbocycles. The fraction of sp³-hybridized carbons (Fsp3) is 0.778. The summed E-state index contributed by atoms with van der Waals surface area (Å²) in [6.07, 6.45) is -3.04. The summed E-state index contributed by atoms with van der Waals surface area (Å²) in [6.45, 7) is 0. The molecule has 3 atom stereocenters. The fourth-order valence-corrected chi connectivity index (χ4v) is 2.04. The molecule has 1 aliphatic rings. The van der Waals surface area contributed by atoms with Crippen molar-refractivity contribution in [2.45, 2.75) is 43.9 Å².